The molecule has 1 aromatic carbocycles. The van der Waals surface area contributed by atoms with Crippen LogP contribution in [-0.4, -0.2) is 42.4 Å². The van der Waals surface area contributed by atoms with E-state index in [9.17, 15) is 19.2 Å². The molecule has 5 rings (SSSR count). The van der Waals surface area contributed by atoms with E-state index in [4.69, 9.17) is 4.74 Å². The lowest BCUT2D eigenvalue weighted by Gasteiger charge is -2.33. The van der Waals surface area contributed by atoms with E-state index >= 15 is 0 Å². The fourth-order valence-electron chi connectivity index (χ4n) is 5.08. The molecule has 4 amide bonds. The minimum atomic E-state index is -1.12. The van der Waals surface area contributed by atoms with Crippen LogP contribution in [0.1, 0.15) is 51.2 Å². The Morgan fingerprint density at radius 2 is 2.00 bits per heavy atom. The molecule has 2 aliphatic carbocycles. The van der Waals surface area contributed by atoms with Crippen molar-refractivity contribution in [1.82, 2.24) is 10.2 Å². The Kier molecular flexibility index (Phi) is 5.00. The number of esters is 1. The maximum Gasteiger partial charge on any atom is 0.341 e. The van der Waals surface area contributed by atoms with Gasteiger partial charge in [-0.15, -0.1) is 11.3 Å². The van der Waals surface area contributed by atoms with Gasteiger partial charge in [0, 0.05) is 4.88 Å². The molecular formula is C23H23N3O5S. The zero-order valence-electron chi connectivity index (χ0n) is 17.7. The summed E-state index contributed by atoms with van der Waals surface area (Å²) in [6.07, 6.45) is 4.70. The van der Waals surface area contributed by atoms with Gasteiger partial charge in [-0.2, -0.15) is 0 Å². The number of rotatable bonds is 4. The lowest BCUT2D eigenvalue weighted by molar-refractivity contribution is -0.134. The van der Waals surface area contributed by atoms with Crippen molar-refractivity contribution in [2.75, 3.05) is 19.0 Å². The molecule has 3 aliphatic rings. The smallest absolute Gasteiger partial charge is 0.341 e. The van der Waals surface area contributed by atoms with Crippen LogP contribution in [0.2, 0.25) is 0 Å². The molecule has 32 heavy (non-hydrogen) atoms. The number of imide groups is 1. The molecule has 1 aliphatic heterocycles. The predicted octanol–water partition coefficient (Wildman–Crippen LogP) is 2.75. The van der Waals surface area contributed by atoms with Gasteiger partial charge in [-0.1, -0.05) is 24.3 Å². The Balaban J connectivity index is 1.37. The molecule has 2 heterocycles. The Hall–Kier alpha value is -3.20. The standard InChI is InChI=1S/C23H23N3O5S/c1-31-20(28)18-14-8-4-10-16(14)32-19(18)24-17(27)12-26-21(29)23(25-22(26)30)11-5-7-13-6-2-3-9-15(13)23/h2-3,6,9H,4-5,7-8,10-12H2,1H3,(H,24,27)(H,25,30). The van der Waals surface area contributed by atoms with Crippen LogP contribution in [0.3, 0.4) is 0 Å². The summed E-state index contributed by atoms with van der Waals surface area (Å²) < 4.78 is 4.91. The summed E-state index contributed by atoms with van der Waals surface area (Å²) in [6, 6.07) is 7.03. The van der Waals surface area contributed by atoms with Crippen molar-refractivity contribution in [2.45, 2.75) is 44.1 Å². The molecule has 0 saturated carbocycles. The highest BCUT2D eigenvalue weighted by molar-refractivity contribution is 7.17. The SMILES string of the molecule is COC(=O)c1c(NC(=O)CN2C(=O)NC3(CCCc4ccccc43)C2=O)sc2c1CCC2. The molecule has 1 saturated heterocycles. The average Bonchev–Trinajstić information content (AvgIpc) is 3.43. The van der Waals surface area contributed by atoms with Crippen molar-refractivity contribution in [2.24, 2.45) is 0 Å². The van der Waals surface area contributed by atoms with E-state index in [0.717, 1.165) is 58.6 Å². The first-order valence-corrected chi connectivity index (χ1v) is 11.5. The van der Waals surface area contributed by atoms with Gasteiger partial charge in [0.25, 0.3) is 5.91 Å². The van der Waals surface area contributed by atoms with Gasteiger partial charge in [0.1, 0.15) is 17.1 Å². The lowest BCUT2D eigenvalue weighted by atomic mass is 9.76. The van der Waals surface area contributed by atoms with Crippen molar-refractivity contribution < 1.29 is 23.9 Å². The predicted molar refractivity (Wildman–Crippen MR) is 118 cm³/mol. The summed E-state index contributed by atoms with van der Waals surface area (Å²) >= 11 is 1.36. The summed E-state index contributed by atoms with van der Waals surface area (Å²) in [5, 5.41) is 6.00. The largest absolute Gasteiger partial charge is 0.465 e. The first kappa shape index (κ1) is 20.7. The zero-order valence-corrected chi connectivity index (χ0v) is 18.5. The number of hydrogen-bond acceptors (Lipinski definition) is 6. The number of nitrogens with one attached hydrogen (secondary N) is 2. The van der Waals surface area contributed by atoms with Crippen LogP contribution in [0.4, 0.5) is 9.80 Å². The summed E-state index contributed by atoms with van der Waals surface area (Å²) in [7, 11) is 1.31. The number of carbonyl (C=O) groups is 4. The Morgan fingerprint density at radius 3 is 2.81 bits per heavy atom. The van der Waals surface area contributed by atoms with Crippen molar-refractivity contribution in [3.05, 3.63) is 51.4 Å². The Bertz CT molecular complexity index is 1160. The first-order valence-electron chi connectivity index (χ1n) is 10.7. The van der Waals surface area contributed by atoms with Crippen LogP contribution in [0.25, 0.3) is 0 Å². The van der Waals surface area contributed by atoms with Crippen molar-refractivity contribution >= 4 is 40.2 Å². The van der Waals surface area contributed by atoms with E-state index in [1.165, 1.54) is 18.4 Å². The highest BCUT2D eigenvalue weighted by Crippen LogP contribution is 2.41. The van der Waals surface area contributed by atoms with Gasteiger partial charge in [0.15, 0.2) is 0 Å². The number of carbonyl (C=O) groups excluding carboxylic acids is 4. The second kappa shape index (κ2) is 7.74. The van der Waals surface area contributed by atoms with Crippen LogP contribution in [0.15, 0.2) is 24.3 Å². The lowest BCUT2D eigenvalue weighted by Crippen LogP contribution is -2.47. The van der Waals surface area contributed by atoms with Crippen LogP contribution >= 0.6 is 11.3 Å². The summed E-state index contributed by atoms with van der Waals surface area (Å²) in [6.45, 7) is -0.419. The fraction of sp³-hybridized carbons (Fsp3) is 0.391. The molecule has 166 valence electrons. The van der Waals surface area contributed by atoms with E-state index in [2.05, 4.69) is 10.6 Å². The number of nitrogens with zero attached hydrogens (tertiary/aromatic N) is 1. The first-order chi connectivity index (χ1) is 15.4. The Labute approximate surface area is 188 Å². The second-order valence-electron chi connectivity index (χ2n) is 8.34. The van der Waals surface area contributed by atoms with Crippen LogP contribution < -0.4 is 10.6 Å². The normalized spacial score (nSPS) is 21.3. The number of benzene rings is 1. The maximum atomic E-state index is 13.4. The third-order valence-corrected chi connectivity index (χ3v) is 7.72. The quantitative estimate of drug-likeness (QED) is 0.547. The number of amides is 4. The van der Waals surface area contributed by atoms with E-state index in [-0.39, 0.29) is 0 Å². The number of anilines is 1. The van der Waals surface area contributed by atoms with Crippen LogP contribution in [0, 0.1) is 0 Å². The highest BCUT2D eigenvalue weighted by Gasteiger charge is 2.54. The monoisotopic (exact) mass is 453 g/mol. The average molecular weight is 454 g/mol. The highest BCUT2D eigenvalue weighted by atomic mass is 32.1. The molecule has 2 N–H and O–H groups in total. The van der Waals surface area contributed by atoms with Crippen LogP contribution in [-0.2, 0) is 39.1 Å². The minimum absolute atomic E-state index is 0.383. The van der Waals surface area contributed by atoms with E-state index in [1.54, 1.807) is 0 Å². The molecule has 1 unspecified atom stereocenters. The summed E-state index contributed by atoms with van der Waals surface area (Å²) in [5.41, 5.74) is 2.02. The molecule has 9 heteroatoms. The molecule has 1 aromatic heterocycles. The molecule has 2 aromatic rings. The van der Waals surface area contributed by atoms with Crippen molar-refractivity contribution in [3.8, 4) is 0 Å². The third kappa shape index (κ3) is 3.10. The zero-order chi connectivity index (χ0) is 22.5. The number of fused-ring (bicyclic) bond motifs is 3. The summed E-state index contributed by atoms with van der Waals surface area (Å²) in [5.74, 6) is -1.43. The molecule has 1 spiro atoms. The molecular weight excluding hydrogens is 430 g/mol. The number of urea groups is 1. The molecule has 1 fully saturated rings. The van der Waals surface area contributed by atoms with Gasteiger partial charge >= 0.3 is 12.0 Å². The van der Waals surface area contributed by atoms with E-state index in [1.807, 2.05) is 24.3 Å². The number of thiophene rings is 1. The van der Waals surface area contributed by atoms with Gasteiger partial charge in [-0.25, -0.2) is 9.59 Å². The summed E-state index contributed by atoms with van der Waals surface area (Å²) in [4.78, 5) is 53.3. The topological polar surface area (TPSA) is 105 Å². The van der Waals surface area contributed by atoms with Gasteiger partial charge in [0.2, 0.25) is 5.91 Å². The van der Waals surface area contributed by atoms with Crippen LogP contribution in [0.5, 0.6) is 0 Å². The molecule has 8 nitrogen and oxygen atoms in total. The van der Waals surface area contributed by atoms with Crippen molar-refractivity contribution in [1.29, 1.82) is 0 Å². The van der Waals surface area contributed by atoms with Gasteiger partial charge in [-0.05, 0) is 55.2 Å². The fourth-order valence-corrected chi connectivity index (χ4v) is 6.37. The van der Waals surface area contributed by atoms with E-state index in [0.29, 0.717) is 17.0 Å². The maximum absolute atomic E-state index is 13.4. The number of hydrogen-bond donors (Lipinski definition) is 2. The van der Waals surface area contributed by atoms with Gasteiger partial charge in [0.05, 0.1) is 12.7 Å². The minimum Gasteiger partial charge on any atom is -0.465 e. The van der Waals surface area contributed by atoms with Gasteiger partial charge in [-0.3, -0.25) is 14.5 Å². The molecule has 0 bridgehead atoms. The second-order valence-corrected chi connectivity index (χ2v) is 9.44. The molecule has 0 radical (unpaired) electrons. The number of methoxy groups -OCH3 is 1. The van der Waals surface area contributed by atoms with Crippen molar-refractivity contribution in [3.63, 3.8) is 0 Å². The van der Waals surface area contributed by atoms with E-state index < -0.39 is 35.9 Å². The van der Waals surface area contributed by atoms with Gasteiger partial charge < -0.3 is 15.4 Å². The number of aryl methyl sites for hydroxylation is 2. The molecule has 1 atom stereocenters. The third-order valence-electron chi connectivity index (χ3n) is 6.52. The Morgan fingerprint density at radius 1 is 1.19 bits per heavy atom. The number of ether oxygens (including phenoxy) is 1.